The zero-order valence-corrected chi connectivity index (χ0v) is 31.0. The third-order valence-electron chi connectivity index (χ3n) is 9.13. The Kier molecular flexibility index (Phi) is 12.2. The van der Waals surface area contributed by atoms with Gasteiger partial charge in [0, 0.05) is 28.8 Å². The first kappa shape index (κ1) is 34.6. The lowest BCUT2D eigenvalue weighted by Gasteiger charge is -2.20. The molecule has 3 aromatic heterocycles. The smallest absolute Gasteiger partial charge is 0.188 e. The van der Waals surface area contributed by atoms with Crippen molar-refractivity contribution in [2.24, 2.45) is 17.6 Å². The van der Waals surface area contributed by atoms with E-state index in [0.29, 0.717) is 12.2 Å². The van der Waals surface area contributed by atoms with E-state index in [1.54, 1.807) is 28.7 Å². The van der Waals surface area contributed by atoms with Crippen molar-refractivity contribution in [3.8, 4) is 0 Å². The first-order chi connectivity index (χ1) is 23.5. The van der Waals surface area contributed by atoms with Crippen LogP contribution in [0.5, 0.6) is 0 Å². The van der Waals surface area contributed by atoms with Crippen molar-refractivity contribution in [2.45, 2.75) is 83.6 Å². The van der Waals surface area contributed by atoms with Crippen LogP contribution >= 0.6 is 49.9 Å². The Hall–Kier alpha value is -3.25. The van der Waals surface area contributed by atoms with Gasteiger partial charge in [-0.05, 0) is 69.7 Å². The Balaban J connectivity index is 0.000000128. The Morgan fingerprint density at radius 2 is 1.08 bits per heavy atom. The lowest BCUT2D eigenvalue weighted by molar-refractivity contribution is 0.356. The second-order valence-corrected chi connectivity index (χ2v) is 17.2. The molecule has 0 saturated heterocycles. The van der Waals surface area contributed by atoms with Gasteiger partial charge in [-0.3, -0.25) is 0 Å². The number of hydrogen-bond donors (Lipinski definition) is 1. The molecule has 2 saturated carbocycles. The van der Waals surface area contributed by atoms with Gasteiger partial charge in [-0.15, -0.1) is 34.0 Å². The minimum atomic E-state index is 0.617. The molecule has 6 aromatic rings. The van der Waals surface area contributed by atoms with Crippen LogP contribution in [0.15, 0.2) is 58.5 Å². The molecule has 10 heteroatoms. The molecule has 3 aromatic carbocycles. The van der Waals surface area contributed by atoms with Gasteiger partial charge in [-0.25, -0.2) is 24.6 Å². The molecule has 0 radical (unpaired) electrons. The minimum Gasteiger partial charge on any atom is -0.326 e. The van der Waals surface area contributed by atoms with E-state index in [2.05, 4.69) is 48.8 Å². The van der Waals surface area contributed by atoms with E-state index in [4.69, 9.17) is 28.8 Å². The van der Waals surface area contributed by atoms with Gasteiger partial charge in [-0.1, -0.05) is 82.4 Å². The van der Waals surface area contributed by atoms with Gasteiger partial charge >= 0.3 is 0 Å². The number of nitrogens with two attached hydrogens (primary N) is 1. The first-order valence-electron chi connectivity index (χ1n) is 16.8. The largest absolute Gasteiger partial charge is 0.326 e. The second kappa shape index (κ2) is 16.9. The number of hydrogen-bond acceptors (Lipinski definition) is 7. The zero-order chi connectivity index (χ0) is 33.3. The van der Waals surface area contributed by atoms with E-state index in [9.17, 15) is 0 Å². The third-order valence-corrected chi connectivity index (χ3v) is 12.7. The normalized spacial score (nSPS) is 15.3. The van der Waals surface area contributed by atoms with E-state index in [-0.39, 0.29) is 0 Å². The standard InChI is InChI=1S/C15H16N2S.C15H20N2S.C8H3BrN2S/c1-16-12-7-8-13-14(10-12)18-15(17-13)9-11-5-3-2-4-6-11;16-10-12-6-7-13-14(8-12)18-15(17-13)9-11-4-2-1-3-5-11;1-10-5-2-3-6-7(4-5)12-8(9)11-6/h7-8,10-11H,2-6,9H2;6-8,11H,1-5,9-10,16H2;2-4H. The first-order valence-corrected chi connectivity index (χ1v) is 20.0. The summed E-state index contributed by atoms with van der Waals surface area (Å²) in [6, 6.07) is 17.7. The fourth-order valence-electron chi connectivity index (χ4n) is 6.58. The predicted octanol–water partition coefficient (Wildman–Crippen LogP) is 12.5. The SMILES string of the molecule is NCc1ccc2nc(CC3CCCCC3)sc2c1.[C-]#[N+]c1ccc2nc(Br)sc2c1.[C-]#[N+]c1ccc2nc(CC3CCCCC3)sc2c1. The van der Waals surface area contributed by atoms with Crippen LogP contribution in [-0.4, -0.2) is 15.0 Å². The van der Waals surface area contributed by atoms with Crippen molar-refractivity contribution in [1.29, 1.82) is 0 Å². The van der Waals surface area contributed by atoms with Crippen LogP contribution < -0.4 is 5.73 Å². The molecule has 0 atom stereocenters. The number of nitrogens with zero attached hydrogens (tertiary/aromatic N) is 5. The molecule has 0 bridgehead atoms. The maximum atomic E-state index is 7.04. The summed E-state index contributed by atoms with van der Waals surface area (Å²) in [4.78, 5) is 20.5. The Morgan fingerprint density at radius 1 is 0.625 bits per heavy atom. The highest BCUT2D eigenvalue weighted by molar-refractivity contribution is 9.11. The van der Waals surface area contributed by atoms with Crippen LogP contribution in [0.1, 0.15) is 79.8 Å². The van der Waals surface area contributed by atoms with Gasteiger partial charge < -0.3 is 5.73 Å². The second-order valence-electron chi connectivity index (χ2n) is 12.6. The molecular weight excluding hydrogens is 717 g/mol. The molecule has 0 amide bonds. The lowest BCUT2D eigenvalue weighted by Crippen LogP contribution is -2.08. The topological polar surface area (TPSA) is 73.4 Å². The number of benzene rings is 3. The Labute approximate surface area is 303 Å². The molecule has 6 nitrogen and oxygen atoms in total. The quantitative estimate of drug-likeness (QED) is 0.178. The molecular formula is C38H39BrN6S3. The lowest BCUT2D eigenvalue weighted by atomic mass is 9.87. The van der Waals surface area contributed by atoms with Gasteiger partial charge in [0.25, 0.3) is 0 Å². The van der Waals surface area contributed by atoms with Crippen molar-refractivity contribution in [1.82, 2.24) is 15.0 Å². The molecule has 3 heterocycles. The average Bonchev–Trinajstić information content (AvgIpc) is 3.83. The molecule has 0 unspecified atom stereocenters. The molecule has 2 N–H and O–H groups in total. The monoisotopic (exact) mass is 754 g/mol. The molecule has 48 heavy (non-hydrogen) atoms. The summed E-state index contributed by atoms with van der Waals surface area (Å²) >= 11 is 8.46. The van der Waals surface area contributed by atoms with E-state index >= 15 is 0 Å². The van der Waals surface area contributed by atoms with Gasteiger partial charge in [0.15, 0.2) is 15.3 Å². The van der Waals surface area contributed by atoms with Crippen molar-refractivity contribution >= 4 is 92.0 Å². The van der Waals surface area contributed by atoms with Crippen molar-refractivity contribution in [3.63, 3.8) is 0 Å². The Morgan fingerprint density at radius 3 is 1.58 bits per heavy atom. The fourth-order valence-corrected chi connectivity index (χ4v) is 10.3. The number of fused-ring (bicyclic) bond motifs is 3. The average molecular weight is 756 g/mol. The van der Waals surface area contributed by atoms with Crippen molar-refractivity contribution in [2.75, 3.05) is 0 Å². The van der Waals surface area contributed by atoms with Gasteiger partial charge in [0.1, 0.15) is 0 Å². The summed E-state index contributed by atoms with van der Waals surface area (Å²) in [7, 11) is 0. The van der Waals surface area contributed by atoms with E-state index < -0.39 is 0 Å². The highest BCUT2D eigenvalue weighted by Gasteiger charge is 2.17. The van der Waals surface area contributed by atoms with Crippen LogP contribution in [0, 0.1) is 25.0 Å². The van der Waals surface area contributed by atoms with E-state index in [1.165, 1.54) is 90.9 Å². The minimum absolute atomic E-state index is 0.617. The summed E-state index contributed by atoms with van der Waals surface area (Å²) in [6.45, 7) is 14.5. The van der Waals surface area contributed by atoms with Crippen molar-refractivity contribution < 1.29 is 0 Å². The highest BCUT2D eigenvalue weighted by atomic mass is 79.9. The molecule has 0 aliphatic heterocycles. The third kappa shape index (κ3) is 9.25. The molecule has 2 aliphatic carbocycles. The summed E-state index contributed by atoms with van der Waals surface area (Å²) in [6.07, 6.45) is 16.2. The van der Waals surface area contributed by atoms with E-state index in [1.807, 2.05) is 41.7 Å². The summed E-state index contributed by atoms with van der Waals surface area (Å²) < 4.78 is 4.37. The number of thiazole rings is 3. The summed E-state index contributed by atoms with van der Waals surface area (Å²) in [5, 5.41) is 2.56. The van der Waals surface area contributed by atoms with E-state index in [0.717, 1.165) is 53.8 Å². The molecule has 2 fully saturated rings. The van der Waals surface area contributed by atoms with Crippen molar-refractivity contribution in [3.05, 3.63) is 96.9 Å². The number of aromatic nitrogens is 3. The molecule has 0 spiro atoms. The fraction of sp³-hybridized carbons (Fsp3) is 0.395. The van der Waals surface area contributed by atoms with Gasteiger partial charge in [0.2, 0.25) is 0 Å². The van der Waals surface area contributed by atoms with Crippen LogP contribution in [0.4, 0.5) is 11.4 Å². The maximum Gasteiger partial charge on any atom is 0.188 e. The van der Waals surface area contributed by atoms with Crippen LogP contribution in [0.2, 0.25) is 0 Å². The van der Waals surface area contributed by atoms with Crippen LogP contribution in [-0.2, 0) is 19.4 Å². The number of rotatable bonds is 5. The summed E-state index contributed by atoms with van der Waals surface area (Å²) in [5.41, 5.74) is 11.4. The molecule has 246 valence electrons. The molecule has 2 aliphatic rings. The predicted molar refractivity (Wildman–Crippen MR) is 208 cm³/mol. The number of halogens is 1. The Bertz CT molecular complexity index is 2050. The van der Waals surface area contributed by atoms with Gasteiger partial charge in [0.05, 0.1) is 44.4 Å². The van der Waals surface area contributed by atoms with Crippen LogP contribution in [0.25, 0.3) is 40.3 Å². The highest BCUT2D eigenvalue weighted by Crippen LogP contribution is 2.33. The summed E-state index contributed by atoms with van der Waals surface area (Å²) in [5.74, 6) is 1.70. The van der Waals surface area contributed by atoms with Gasteiger partial charge in [-0.2, -0.15) is 0 Å². The zero-order valence-electron chi connectivity index (χ0n) is 27.0. The van der Waals surface area contributed by atoms with Crippen LogP contribution in [0.3, 0.4) is 0 Å². The maximum absolute atomic E-state index is 7.04. The molecule has 8 rings (SSSR count).